The van der Waals surface area contributed by atoms with Crippen molar-refractivity contribution in [2.45, 2.75) is 57.3 Å². The molecule has 0 atom stereocenters. The lowest BCUT2D eigenvalue weighted by molar-refractivity contribution is -0.160. The van der Waals surface area contributed by atoms with Gasteiger partial charge in [-0.2, -0.15) is 4.31 Å². The van der Waals surface area contributed by atoms with E-state index in [-0.39, 0.29) is 22.8 Å². The molecule has 0 spiro atoms. The Hall–Kier alpha value is -1.93. The minimum absolute atomic E-state index is 0.151. The third-order valence-electron chi connectivity index (χ3n) is 8.96. The standard InChI is InChI=1S/C26H37N3O4S/c1-18-4-5-23(10-19(18)2)34(32,33)27(3)17-24(30)28-6-8-29(9-7-28)25(31)26-14-20-11-21(15-26)13-22(12-20)16-26/h4-5,10,20-22H,6-9,11-17H2,1-3H3. The molecule has 0 N–H and O–H groups in total. The van der Waals surface area contributed by atoms with Crippen molar-refractivity contribution in [1.29, 1.82) is 0 Å². The lowest BCUT2D eigenvalue weighted by Crippen LogP contribution is -2.59. The summed E-state index contributed by atoms with van der Waals surface area (Å²) >= 11 is 0. The molecule has 6 rings (SSSR count). The maximum atomic E-state index is 13.6. The first-order chi connectivity index (χ1) is 16.1. The van der Waals surface area contributed by atoms with Crippen molar-refractivity contribution in [2.75, 3.05) is 39.8 Å². The SMILES string of the molecule is Cc1ccc(S(=O)(=O)N(C)CC(=O)N2CCN(C(=O)C34CC5CC(CC(C5)C3)C4)CC2)cc1C. The third-order valence-corrected chi connectivity index (χ3v) is 10.8. The van der Waals surface area contributed by atoms with E-state index < -0.39 is 10.0 Å². The molecule has 0 aromatic heterocycles. The second kappa shape index (κ2) is 8.63. The lowest BCUT2D eigenvalue weighted by atomic mass is 9.49. The maximum Gasteiger partial charge on any atom is 0.243 e. The van der Waals surface area contributed by atoms with Crippen molar-refractivity contribution >= 4 is 21.8 Å². The summed E-state index contributed by atoms with van der Waals surface area (Å²) in [6, 6.07) is 5.03. The van der Waals surface area contributed by atoms with Crippen LogP contribution in [-0.2, 0) is 19.6 Å². The largest absolute Gasteiger partial charge is 0.339 e. The fourth-order valence-electron chi connectivity index (χ4n) is 7.30. The molecule has 0 radical (unpaired) electrons. The zero-order valence-corrected chi connectivity index (χ0v) is 21.4. The van der Waals surface area contributed by atoms with Crippen LogP contribution in [0, 0.1) is 37.0 Å². The number of hydrogen-bond acceptors (Lipinski definition) is 4. The second-order valence-electron chi connectivity index (χ2n) is 11.4. The van der Waals surface area contributed by atoms with E-state index in [1.807, 2.05) is 18.7 Å². The van der Waals surface area contributed by atoms with E-state index in [1.54, 1.807) is 23.1 Å². The number of amides is 2. The van der Waals surface area contributed by atoms with Gasteiger partial charge in [0.15, 0.2) is 0 Å². The van der Waals surface area contributed by atoms with Crippen molar-refractivity contribution in [3.05, 3.63) is 29.3 Å². The number of nitrogens with zero attached hydrogens (tertiary/aromatic N) is 3. The highest BCUT2D eigenvalue weighted by atomic mass is 32.2. The number of rotatable bonds is 5. The van der Waals surface area contributed by atoms with Crippen LogP contribution in [-0.4, -0.2) is 74.1 Å². The van der Waals surface area contributed by atoms with E-state index in [9.17, 15) is 18.0 Å². The topological polar surface area (TPSA) is 78.0 Å². The van der Waals surface area contributed by atoms with E-state index in [1.165, 1.54) is 26.3 Å². The quantitative estimate of drug-likeness (QED) is 0.640. The fourth-order valence-corrected chi connectivity index (χ4v) is 8.50. The van der Waals surface area contributed by atoms with Crippen LogP contribution in [0.25, 0.3) is 0 Å². The van der Waals surface area contributed by atoms with Gasteiger partial charge in [0.2, 0.25) is 21.8 Å². The Kier molecular flexibility index (Phi) is 6.04. The Labute approximate surface area is 203 Å². The van der Waals surface area contributed by atoms with Crippen molar-refractivity contribution in [3.8, 4) is 0 Å². The van der Waals surface area contributed by atoms with Gasteiger partial charge in [0.05, 0.1) is 16.9 Å². The molecule has 4 bridgehead atoms. The van der Waals surface area contributed by atoms with Gasteiger partial charge in [0.25, 0.3) is 0 Å². The number of likely N-dealkylation sites (N-methyl/N-ethyl adjacent to an activating group) is 1. The first-order valence-corrected chi connectivity index (χ1v) is 14.1. The molecule has 5 aliphatic rings. The molecule has 4 saturated carbocycles. The zero-order valence-electron chi connectivity index (χ0n) is 20.6. The van der Waals surface area contributed by atoms with Gasteiger partial charge in [0, 0.05) is 33.2 Å². The average Bonchev–Trinajstić information content (AvgIpc) is 2.79. The van der Waals surface area contributed by atoms with Gasteiger partial charge in [-0.3, -0.25) is 9.59 Å². The predicted molar refractivity (Wildman–Crippen MR) is 129 cm³/mol. The summed E-state index contributed by atoms with van der Waals surface area (Å²) in [6.07, 6.45) is 7.10. The van der Waals surface area contributed by atoms with Gasteiger partial charge in [-0.1, -0.05) is 6.07 Å². The van der Waals surface area contributed by atoms with E-state index in [0.29, 0.717) is 32.1 Å². The number of piperazine rings is 1. The summed E-state index contributed by atoms with van der Waals surface area (Å²) in [7, 11) is -2.29. The number of hydrogen-bond donors (Lipinski definition) is 0. The van der Waals surface area contributed by atoms with Gasteiger partial charge in [-0.05, 0) is 93.4 Å². The van der Waals surface area contributed by atoms with E-state index in [2.05, 4.69) is 0 Å². The zero-order chi connectivity index (χ0) is 24.3. The first kappa shape index (κ1) is 23.8. The molecule has 4 aliphatic carbocycles. The molecule has 7 nitrogen and oxygen atoms in total. The van der Waals surface area contributed by atoms with Crippen LogP contribution >= 0.6 is 0 Å². The Morgan fingerprint density at radius 3 is 1.97 bits per heavy atom. The summed E-state index contributed by atoms with van der Waals surface area (Å²) in [5.74, 6) is 2.29. The fraction of sp³-hybridized carbons (Fsp3) is 0.692. The van der Waals surface area contributed by atoms with Crippen molar-refractivity contribution in [2.24, 2.45) is 23.2 Å². The Bertz CT molecular complexity index is 1060. The molecule has 1 heterocycles. The summed E-state index contributed by atoms with van der Waals surface area (Å²) in [6.45, 7) is 5.64. The molecule has 0 unspecified atom stereocenters. The minimum atomic E-state index is -3.74. The molecule has 1 aliphatic heterocycles. The minimum Gasteiger partial charge on any atom is -0.339 e. The van der Waals surface area contributed by atoms with Gasteiger partial charge in [-0.25, -0.2) is 8.42 Å². The normalized spacial score (nSPS) is 30.8. The maximum absolute atomic E-state index is 13.6. The molecule has 34 heavy (non-hydrogen) atoms. The average molecular weight is 488 g/mol. The van der Waals surface area contributed by atoms with Crippen LogP contribution < -0.4 is 0 Å². The second-order valence-corrected chi connectivity index (χ2v) is 13.4. The van der Waals surface area contributed by atoms with Crippen molar-refractivity contribution < 1.29 is 18.0 Å². The molecule has 1 saturated heterocycles. The van der Waals surface area contributed by atoms with Crippen LogP contribution in [0.2, 0.25) is 0 Å². The Balaban J connectivity index is 1.17. The van der Waals surface area contributed by atoms with Gasteiger partial charge in [0.1, 0.15) is 0 Å². The highest BCUT2D eigenvalue weighted by Gasteiger charge is 2.55. The van der Waals surface area contributed by atoms with Gasteiger partial charge in [-0.15, -0.1) is 0 Å². The molecule has 186 valence electrons. The van der Waals surface area contributed by atoms with Crippen LogP contribution in [0.4, 0.5) is 0 Å². The lowest BCUT2D eigenvalue weighted by Gasteiger charge is -2.57. The van der Waals surface area contributed by atoms with Gasteiger partial charge < -0.3 is 9.80 Å². The number of carbonyl (C=O) groups excluding carboxylic acids is 2. The van der Waals surface area contributed by atoms with Crippen molar-refractivity contribution in [3.63, 3.8) is 0 Å². The highest BCUT2D eigenvalue weighted by Crippen LogP contribution is 2.60. The van der Waals surface area contributed by atoms with E-state index in [4.69, 9.17) is 0 Å². The smallest absolute Gasteiger partial charge is 0.243 e. The molecule has 1 aromatic carbocycles. The molecule has 1 aromatic rings. The predicted octanol–water partition coefficient (Wildman–Crippen LogP) is 2.81. The van der Waals surface area contributed by atoms with Gasteiger partial charge >= 0.3 is 0 Å². The highest BCUT2D eigenvalue weighted by molar-refractivity contribution is 7.89. The molecular formula is C26H37N3O4S. The molecular weight excluding hydrogens is 450 g/mol. The van der Waals surface area contributed by atoms with Crippen LogP contribution in [0.15, 0.2) is 23.1 Å². The number of aryl methyl sites for hydroxylation is 2. The van der Waals surface area contributed by atoms with Crippen molar-refractivity contribution in [1.82, 2.24) is 14.1 Å². The number of carbonyl (C=O) groups is 2. The van der Waals surface area contributed by atoms with E-state index in [0.717, 1.165) is 52.4 Å². The molecule has 8 heteroatoms. The summed E-state index contributed by atoms with van der Waals surface area (Å²) in [5, 5.41) is 0. The number of benzene rings is 1. The monoisotopic (exact) mass is 487 g/mol. The summed E-state index contributed by atoms with van der Waals surface area (Å²) in [5.41, 5.74) is 1.78. The molecule has 2 amide bonds. The van der Waals surface area contributed by atoms with Crippen LogP contribution in [0.5, 0.6) is 0 Å². The van der Waals surface area contributed by atoms with Crippen LogP contribution in [0.3, 0.4) is 0 Å². The Morgan fingerprint density at radius 1 is 0.912 bits per heavy atom. The van der Waals surface area contributed by atoms with Crippen LogP contribution in [0.1, 0.15) is 49.7 Å². The Morgan fingerprint density at radius 2 is 1.44 bits per heavy atom. The summed E-state index contributed by atoms with van der Waals surface area (Å²) < 4.78 is 27.1. The third kappa shape index (κ3) is 4.17. The molecule has 5 fully saturated rings. The first-order valence-electron chi connectivity index (χ1n) is 12.7. The van der Waals surface area contributed by atoms with E-state index >= 15 is 0 Å². The summed E-state index contributed by atoms with van der Waals surface area (Å²) in [4.78, 5) is 30.4. The number of sulfonamides is 1.